The molecule has 5 heteroatoms. The van der Waals surface area contributed by atoms with Gasteiger partial charge in [0.25, 0.3) is 0 Å². The molecular formula is C17H25N3O2. The number of aromatic nitrogens is 2. The third kappa shape index (κ3) is 3.80. The Labute approximate surface area is 131 Å². The van der Waals surface area contributed by atoms with Gasteiger partial charge >= 0.3 is 0 Å². The van der Waals surface area contributed by atoms with Crippen molar-refractivity contribution < 1.29 is 9.84 Å². The van der Waals surface area contributed by atoms with Crippen LogP contribution in [0.5, 0.6) is 5.75 Å². The van der Waals surface area contributed by atoms with Gasteiger partial charge in [0, 0.05) is 17.8 Å². The molecule has 0 aliphatic rings. The van der Waals surface area contributed by atoms with Crippen LogP contribution in [0.4, 0.5) is 5.69 Å². The van der Waals surface area contributed by atoms with Crippen LogP contribution in [0, 0.1) is 13.8 Å². The SMILES string of the molecule is CCCOc1ccccc1NCc1c(C)nn(CCO)c1C. The highest BCUT2D eigenvalue weighted by Crippen LogP contribution is 2.25. The fraction of sp³-hybridized carbons (Fsp3) is 0.471. The Balaban J connectivity index is 2.10. The maximum absolute atomic E-state index is 9.08. The minimum absolute atomic E-state index is 0.0997. The number of para-hydroxylation sites is 2. The number of nitrogens with one attached hydrogen (secondary N) is 1. The van der Waals surface area contributed by atoms with Crippen molar-refractivity contribution in [2.45, 2.75) is 40.3 Å². The first-order valence-electron chi connectivity index (χ1n) is 7.76. The maximum Gasteiger partial charge on any atom is 0.142 e. The van der Waals surface area contributed by atoms with Crippen molar-refractivity contribution >= 4 is 5.69 Å². The summed E-state index contributed by atoms with van der Waals surface area (Å²) in [5.41, 5.74) is 4.24. The summed E-state index contributed by atoms with van der Waals surface area (Å²) in [6.45, 7) is 8.16. The van der Waals surface area contributed by atoms with Crippen LogP contribution in [0.1, 0.15) is 30.3 Å². The predicted molar refractivity (Wildman–Crippen MR) is 88.3 cm³/mol. The molecule has 0 atom stereocenters. The van der Waals surface area contributed by atoms with E-state index in [2.05, 4.69) is 17.3 Å². The molecule has 0 aliphatic heterocycles. The third-order valence-electron chi connectivity index (χ3n) is 3.65. The minimum atomic E-state index is 0.0997. The summed E-state index contributed by atoms with van der Waals surface area (Å²) in [5.74, 6) is 0.877. The number of aliphatic hydroxyl groups excluding tert-OH is 1. The molecule has 0 aliphatic carbocycles. The summed E-state index contributed by atoms with van der Waals surface area (Å²) >= 11 is 0. The molecule has 5 nitrogen and oxygen atoms in total. The Morgan fingerprint density at radius 1 is 1.27 bits per heavy atom. The zero-order valence-corrected chi connectivity index (χ0v) is 13.6. The molecule has 22 heavy (non-hydrogen) atoms. The molecule has 120 valence electrons. The molecule has 0 amide bonds. The van der Waals surface area contributed by atoms with E-state index in [0.717, 1.165) is 29.2 Å². The van der Waals surface area contributed by atoms with Crippen LogP contribution >= 0.6 is 0 Å². The third-order valence-corrected chi connectivity index (χ3v) is 3.65. The Morgan fingerprint density at radius 2 is 2.05 bits per heavy atom. The van der Waals surface area contributed by atoms with Crippen LogP contribution < -0.4 is 10.1 Å². The van der Waals surface area contributed by atoms with Crippen molar-refractivity contribution in [3.05, 3.63) is 41.2 Å². The number of aliphatic hydroxyl groups is 1. The lowest BCUT2D eigenvalue weighted by molar-refractivity contribution is 0.268. The van der Waals surface area contributed by atoms with Crippen molar-refractivity contribution in [3.63, 3.8) is 0 Å². The normalized spacial score (nSPS) is 10.7. The zero-order chi connectivity index (χ0) is 15.9. The van der Waals surface area contributed by atoms with Gasteiger partial charge in [-0.25, -0.2) is 0 Å². The number of benzene rings is 1. The highest BCUT2D eigenvalue weighted by atomic mass is 16.5. The summed E-state index contributed by atoms with van der Waals surface area (Å²) in [6.07, 6.45) is 0.987. The standard InChI is InChI=1S/C17H25N3O2/c1-4-11-22-17-8-6-5-7-16(17)18-12-15-13(2)19-20(9-10-21)14(15)3/h5-8,18,21H,4,9-12H2,1-3H3. The Kier molecular flexibility index (Phi) is 5.83. The van der Waals surface area contributed by atoms with Gasteiger partial charge in [0.05, 0.1) is 31.1 Å². The molecule has 2 N–H and O–H groups in total. The van der Waals surface area contributed by atoms with Crippen LogP contribution in [-0.2, 0) is 13.1 Å². The van der Waals surface area contributed by atoms with Gasteiger partial charge in [0.1, 0.15) is 5.75 Å². The number of ether oxygens (including phenoxy) is 1. The molecule has 0 unspecified atom stereocenters. The van der Waals surface area contributed by atoms with Crippen LogP contribution in [-0.4, -0.2) is 28.1 Å². The molecule has 0 saturated carbocycles. The largest absolute Gasteiger partial charge is 0.491 e. The second kappa shape index (κ2) is 7.84. The van der Waals surface area contributed by atoms with Crippen molar-refractivity contribution in [3.8, 4) is 5.75 Å². The molecule has 2 aromatic rings. The summed E-state index contributed by atoms with van der Waals surface area (Å²) in [5, 5.41) is 17.0. The minimum Gasteiger partial charge on any atom is -0.491 e. The van der Waals surface area contributed by atoms with E-state index in [9.17, 15) is 0 Å². The van der Waals surface area contributed by atoms with Gasteiger partial charge < -0.3 is 15.2 Å². The van der Waals surface area contributed by atoms with E-state index in [1.54, 1.807) is 0 Å². The van der Waals surface area contributed by atoms with Crippen LogP contribution in [0.2, 0.25) is 0 Å². The lowest BCUT2D eigenvalue weighted by atomic mass is 10.2. The number of rotatable bonds is 8. The number of aryl methyl sites for hydroxylation is 1. The topological polar surface area (TPSA) is 59.3 Å². The summed E-state index contributed by atoms with van der Waals surface area (Å²) < 4.78 is 7.62. The molecule has 1 heterocycles. The number of hydrogen-bond acceptors (Lipinski definition) is 4. The second-order valence-electron chi connectivity index (χ2n) is 5.29. The number of hydrogen-bond donors (Lipinski definition) is 2. The highest BCUT2D eigenvalue weighted by Gasteiger charge is 2.11. The van der Waals surface area contributed by atoms with E-state index in [4.69, 9.17) is 9.84 Å². The second-order valence-corrected chi connectivity index (χ2v) is 5.29. The van der Waals surface area contributed by atoms with Gasteiger partial charge in [0.2, 0.25) is 0 Å². The number of nitrogens with zero attached hydrogens (tertiary/aromatic N) is 2. The highest BCUT2D eigenvalue weighted by molar-refractivity contribution is 5.56. The smallest absolute Gasteiger partial charge is 0.142 e. The van der Waals surface area contributed by atoms with Crippen LogP contribution in [0.3, 0.4) is 0 Å². The zero-order valence-electron chi connectivity index (χ0n) is 13.6. The van der Waals surface area contributed by atoms with E-state index < -0.39 is 0 Å². The lowest BCUT2D eigenvalue weighted by Gasteiger charge is -2.13. The van der Waals surface area contributed by atoms with E-state index in [1.165, 1.54) is 5.56 Å². The molecule has 1 aromatic carbocycles. The van der Waals surface area contributed by atoms with Crippen molar-refractivity contribution in [1.82, 2.24) is 9.78 Å². The van der Waals surface area contributed by atoms with Gasteiger partial charge in [-0.05, 0) is 32.4 Å². The fourth-order valence-corrected chi connectivity index (χ4v) is 2.44. The van der Waals surface area contributed by atoms with Gasteiger partial charge in [-0.15, -0.1) is 0 Å². The molecule has 0 spiro atoms. The molecule has 0 bridgehead atoms. The van der Waals surface area contributed by atoms with Gasteiger partial charge in [-0.1, -0.05) is 19.1 Å². The van der Waals surface area contributed by atoms with E-state index in [1.807, 2.05) is 42.8 Å². The first kappa shape index (κ1) is 16.4. The van der Waals surface area contributed by atoms with Crippen LogP contribution in [0.15, 0.2) is 24.3 Å². The van der Waals surface area contributed by atoms with E-state index in [0.29, 0.717) is 19.7 Å². The fourth-order valence-electron chi connectivity index (χ4n) is 2.44. The molecular weight excluding hydrogens is 278 g/mol. The quantitative estimate of drug-likeness (QED) is 0.787. The first-order valence-corrected chi connectivity index (χ1v) is 7.76. The maximum atomic E-state index is 9.08. The van der Waals surface area contributed by atoms with Gasteiger partial charge in [-0.3, -0.25) is 4.68 Å². The van der Waals surface area contributed by atoms with Gasteiger partial charge in [0.15, 0.2) is 0 Å². The predicted octanol–water partition coefficient (Wildman–Crippen LogP) is 2.89. The molecule has 0 fully saturated rings. The molecule has 1 aromatic heterocycles. The Bertz CT molecular complexity index is 608. The average molecular weight is 303 g/mol. The Morgan fingerprint density at radius 3 is 2.77 bits per heavy atom. The summed E-state index contributed by atoms with van der Waals surface area (Å²) in [4.78, 5) is 0. The van der Waals surface area contributed by atoms with Crippen molar-refractivity contribution in [2.75, 3.05) is 18.5 Å². The summed E-state index contributed by atoms with van der Waals surface area (Å²) in [7, 11) is 0. The lowest BCUT2D eigenvalue weighted by Crippen LogP contribution is -2.07. The molecule has 0 saturated heterocycles. The van der Waals surface area contributed by atoms with Gasteiger partial charge in [-0.2, -0.15) is 5.10 Å². The van der Waals surface area contributed by atoms with E-state index >= 15 is 0 Å². The molecule has 0 radical (unpaired) electrons. The average Bonchev–Trinajstić information content (AvgIpc) is 2.79. The van der Waals surface area contributed by atoms with E-state index in [-0.39, 0.29) is 6.61 Å². The summed E-state index contributed by atoms with van der Waals surface area (Å²) in [6, 6.07) is 7.97. The van der Waals surface area contributed by atoms with Crippen LogP contribution in [0.25, 0.3) is 0 Å². The molecule has 2 rings (SSSR count). The van der Waals surface area contributed by atoms with Crippen molar-refractivity contribution in [2.24, 2.45) is 0 Å². The Hall–Kier alpha value is -2.01. The first-order chi connectivity index (χ1) is 10.7. The number of anilines is 1. The van der Waals surface area contributed by atoms with Crippen molar-refractivity contribution in [1.29, 1.82) is 0 Å². The monoisotopic (exact) mass is 303 g/mol.